The summed E-state index contributed by atoms with van der Waals surface area (Å²) in [7, 11) is 0. The molecule has 1 atom stereocenters. The topological polar surface area (TPSA) is 53.9 Å². The van der Waals surface area contributed by atoms with Gasteiger partial charge in [0.05, 0.1) is 5.52 Å². The lowest BCUT2D eigenvalue weighted by molar-refractivity contribution is 0.375. The molecule has 0 amide bonds. The van der Waals surface area contributed by atoms with Crippen LogP contribution in [0, 0.1) is 5.92 Å². The van der Waals surface area contributed by atoms with Gasteiger partial charge in [-0.15, -0.1) is 10.2 Å². The van der Waals surface area contributed by atoms with Crippen molar-refractivity contribution in [2.75, 3.05) is 31.1 Å². The molecule has 0 saturated carbocycles. The molecule has 1 N–H and O–H groups in total. The number of hydrogen-bond donors (Lipinski definition) is 1. The molecule has 0 spiro atoms. The summed E-state index contributed by atoms with van der Waals surface area (Å²) in [6, 6.07) is 7.92. The van der Waals surface area contributed by atoms with Gasteiger partial charge in [-0.05, 0) is 50.4 Å². The van der Waals surface area contributed by atoms with Crippen LogP contribution in [0.5, 0.6) is 0 Å². The van der Waals surface area contributed by atoms with Gasteiger partial charge in [-0.2, -0.15) is 0 Å². The highest BCUT2D eigenvalue weighted by Gasteiger charge is 2.19. The summed E-state index contributed by atoms with van der Waals surface area (Å²) >= 11 is 0. The maximum atomic E-state index is 4.69. The highest BCUT2D eigenvalue weighted by atomic mass is 15.3. The molecule has 2 heterocycles. The molecule has 5 heteroatoms. The summed E-state index contributed by atoms with van der Waals surface area (Å²) in [6.07, 6.45) is 3.64. The Kier molecular flexibility index (Phi) is 4.60. The van der Waals surface area contributed by atoms with Gasteiger partial charge in [0.15, 0.2) is 0 Å². The van der Waals surface area contributed by atoms with Crippen LogP contribution in [0.1, 0.15) is 26.2 Å². The van der Waals surface area contributed by atoms with Gasteiger partial charge in [0, 0.05) is 13.1 Å². The zero-order valence-corrected chi connectivity index (χ0v) is 12.6. The Morgan fingerprint density at radius 2 is 2.10 bits per heavy atom. The van der Waals surface area contributed by atoms with Crippen LogP contribution in [0.3, 0.4) is 0 Å². The van der Waals surface area contributed by atoms with Gasteiger partial charge < -0.3 is 10.2 Å². The number of nitrogens with zero attached hydrogens (tertiary/aromatic N) is 4. The molecule has 0 aliphatic carbocycles. The fourth-order valence-electron chi connectivity index (χ4n) is 2.94. The van der Waals surface area contributed by atoms with E-state index in [1.54, 1.807) is 0 Å². The first-order valence-corrected chi connectivity index (χ1v) is 7.92. The van der Waals surface area contributed by atoms with Crippen LogP contribution in [0.15, 0.2) is 24.3 Å². The quantitative estimate of drug-likeness (QED) is 0.913. The minimum atomic E-state index is 0.681. The normalized spacial score (nSPS) is 18.8. The third-order valence-electron chi connectivity index (χ3n) is 4.00. The van der Waals surface area contributed by atoms with Crippen molar-refractivity contribution < 1.29 is 0 Å². The fourth-order valence-corrected chi connectivity index (χ4v) is 2.94. The van der Waals surface area contributed by atoms with Crippen LogP contribution in [-0.2, 0) is 0 Å². The van der Waals surface area contributed by atoms with Crippen LogP contribution in [-0.4, -0.2) is 41.4 Å². The van der Waals surface area contributed by atoms with Gasteiger partial charge in [0.2, 0.25) is 5.95 Å². The molecular weight excluding hydrogens is 262 g/mol. The Balaban J connectivity index is 1.80. The fraction of sp³-hybridized carbons (Fsp3) is 0.562. The first-order chi connectivity index (χ1) is 10.4. The van der Waals surface area contributed by atoms with E-state index < -0.39 is 0 Å². The summed E-state index contributed by atoms with van der Waals surface area (Å²) in [5.41, 5.74) is 1.78. The van der Waals surface area contributed by atoms with Gasteiger partial charge in [0.1, 0.15) is 5.52 Å². The third kappa shape index (κ3) is 3.47. The van der Waals surface area contributed by atoms with Crippen molar-refractivity contribution in [3.63, 3.8) is 0 Å². The van der Waals surface area contributed by atoms with E-state index >= 15 is 0 Å². The highest BCUT2D eigenvalue weighted by molar-refractivity contribution is 5.74. The number of piperidine rings is 1. The number of para-hydroxylation sites is 1. The first kappa shape index (κ1) is 14.2. The second-order valence-corrected chi connectivity index (χ2v) is 5.76. The molecule has 3 rings (SSSR count). The van der Waals surface area contributed by atoms with E-state index in [1.807, 2.05) is 24.3 Å². The van der Waals surface area contributed by atoms with Gasteiger partial charge in [-0.25, -0.2) is 4.98 Å². The number of aromatic nitrogens is 3. The Hall–Kier alpha value is -1.75. The minimum absolute atomic E-state index is 0.681. The van der Waals surface area contributed by atoms with Crippen molar-refractivity contribution in [1.29, 1.82) is 0 Å². The van der Waals surface area contributed by atoms with E-state index in [0.717, 1.165) is 49.6 Å². The first-order valence-electron chi connectivity index (χ1n) is 7.92. The zero-order chi connectivity index (χ0) is 14.5. The van der Waals surface area contributed by atoms with Crippen LogP contribution < -0.4 is 10.2 Å². The lowest BCUT2D eigenvalue weighted by Crippen LogP contribution is -2.39. The lowest BCUT2D eigenvalue weighted by Gasteiger charge is -2.29. The van der Waals surface area contributed by atoms with E-state index in [1.165, 1.54) is 12.8 Å². The largest absolute Gasteiger partial charge is 0.339 e. The molecule has 1 aliphatic rings. The molecule has 1 aliphatic heterocycles. The molecular formula is C16H23N5. The number of nitrogens with one attached hydrogen (secondary N) is 1. The van der Waals surface area contributed by atoms with E-state index in [-0.39, 0.29) is 0 Å². The van der Waals surface area contributed by atoms with E-state index in [0.29, 0.717) is 5.92 Å². The Morgan fingerprint density at radius 3 is 2.86 bits per heavy atom. The highest BCUT2D eigenvalue weighted by Crippen LogP contribution is 2.17. The van der Waals surface area contributed by atoms with E-state index in [9.17, 15) is 0 Å². The molecule has 21 heavy (non-hydrogen) atoms. The van der Waals surface area contributed by atoms with Crippen molar-refractivity contribution in [3.8, 4) is 0 Å². The molecule has 112 valence electrons. The van der Waals surface area contributed by atoms with Crippen molar-refractivity contribution >= 4 is 17.0 Å². The Labute approximate surface area is 125 Å². The summed E-state index contributed by atoms with van der Waals surface area (Å²) in [4.78, 5) is 6.98. The predicted octanol–water partition coefficient (Wildman–Crippen LogP) is 2.24. The van der Waals surface area contributed by atoms with Gasteiger partial charge >= 0.3 is 0 Å². The molecule has 1 fully saturated rings. The molecule has 1 aromatic heterocycles. The molecule has 1 aromatic carbocycles. The van der Waals surface area contributed by atoms with Crippen molar-refractivity contribution in [1.82, 2.24) is 20.5 Å². The zero-order valence-electron chi connectivity index (χ0n) is 12.6. The molecule has 0 radical (unpaired) electrons. The average molecular weight is 285 g/mol. The maximum absolute atomic E-state index is 4.69. The lowest BCUT2D eigenvalue weighted by atomic mass is 9.99. The number of benzene rings is 1. The van der Waals surface area contributed by atoms with E-state index in [2.05, 4.69) is 27.3 Å². The summed E-state index contributed by atoms with van der Waals surface area (Å²) in [6.45, 7) is 6.44. The molecule has 0 bridgehead atoms. The van der Waals surface area contributed by atoms with Crippen LogP contribution in [0.2, 0.25) is 0 Å². The molecule has 2 aromatic rings. The van der Waals surface area contributed by atoms with Crippen molar-refractivity contribution in [2.24, 2.45) is 5.92 Å². The molecule has 1 unspecified atom stereocenters. The average Bonchev–Trinajstić information content (AvgIpc) is 2.55. The second kappa shape index (κ2) is 6.80. The smallest absolute Gasteiger partial charge is 0.245 e. The number of hydrogen-bond acceptors (Lipinski definition) is 5. The minimum Gasteiger partial charge on any atom is -0.339 e. The van der Waals surface area contributed by atoms with Crippen LogP contribution in [0.25, 0.3) is 11.0 Å². The summed E-state index contributed by atoms with van der Waals surface area (Å²) in [5, 5.41) is 12.1. The summed E-state index contributed by atoms with van der Waals surface area (Å²) in [5.74, 6) is 1.45. The van der Waals surface area contributed by atoms with Crippen molar-refractivity contribution in [2.45, 2.75) is 26.2 Å². The molecule has 5 nitrogen and oxygen atoms in total. The van der Waals surface area contributed by atoms with Gasteiger partial charge in [-0.1, -0.05) is 19.1 Å². The third-order valence-corrected chi connectivity index (χ3v) is 4.00. The van der Waals surface area contributed by atoms with E-state index in [4.69, 9.17) is 4.98 Å². The van der Waals surface area contributed by atoms with Crippen LogP contribution in [0.4, 0.5) is 5.95 Å². The SMILES string of the molecule is CCCN(CC1CCCNC1)c1nnc2ccccc2n1. The van der Waals surface area contributed by atoms with Crippen LogP contribution >= 0.6 is 0 Å². The number of anilines is 1. The Bertz CT molecular complexity index is 580. The monoisotopic (exact) mass is 285 g/mol. The number of rotatable bonds is 5. The predicted molar refractivity (Wildman–Crippen MR) is 85.4 cm³/mol. The van der Waals surface area contributed by atoms with Crippen molar-refractivity contribution in [3.05, 3.63) is 24.3 Å². The number of fused-ring (bicyclic) bond motifs is 1. The van der Waals surface area contributed by atoms with Gasteiger partial charge in [0.25, 0.3) is 0 Å². The standard InChI is InChI=1S/C16H23N5/c1-2-10-21(12-13-6-5-9-17-11-13)16-18-14-7-3-4-8-15(14)19-20-16/h3-4,7-8,13,17H,2,5-6,9-12H2,1H3. The van der Waals surface area contributed by atoms with Gasteiger partial charge in [-0.3, -0.25) is 0 Å². The second-order valence-electron chi connectivity index (χ2n) is 5.76. The summed E-state index contributed by atoms with van der Waals surface area (Å²) < 4.78 is 0. The maximum Gasteiger partial charge on any atom is 0.245 e. The molecule has 1 saturated heterocycles. The Morgan fingerprint density at radius 1 is 1.24 bits per heavy atom.